The van der Waals surface area contributed by atoms with E-state index >= 15 is 0 Å². The Hall–Kier alpha value is -2.17. The van der Waals surface area contributed by atoms with Crippen LogP contribution in [0.15, 0.2) is 6.20 Å². The van der Waals surface area contributed by atoms with Crippen LogP contribution >= 0.6 is 0 Å². The van der Waals surface area contributed by atoms with Crippen LogP contribution in [0.4, 0.5) is 5.95 Å². The lowest BCUT2D eigenvalue weighted by Crippen LogP contribution is -2.45. The Morgan fingerprint density at radius 2 is 2.03 bits per heavy atom. The number of nitrogens with zero attached hydrogens (tertiary/aromatic N) is 6. The van der Waals surface area contributed by atoms with Gasteiger partial charge >= 0.3 is 0 Å². The Bertz CT molecular complexity index is 886. The molecule has 0 spiro atoms. The van der Waals surface area contributed by atoms with Gasteiger partial charge in [-0.15, -0.1) is 0 Å². The Morgan fingerprint density at radius 1 is 1.21 bits per heavy atom. The zero-order valence-electron chi connectivity index (χ0n) is 18.0. The molecule has 2 aromatic heterocycles. The van der Waals surface area contributed by atoms with Gasteiger partial charge in [-0.2, -0.15) is 10.1 Å². The molecule has 1 saturated carbocycles. The van der Waals surface area contributed by atoms with Crippen molar-refractivity contribution in [3.05, 3.63) is 11.9 Å². The van der Waals surface area contributed by atoms with Gasteiger partial charge in [-0.25, -0.2) is 9.67 Å². The van der Waals surface area contributed by atoms with Crippen molar-refractivity contribution in [2.75, 3.05) is 46.1 Å². The summed E-state index contributed by atoms with van der Waals surface area (Å²) in [6.07, 6.45) is 9.61. The number of aromatic nitrogens is 4. The van der Waals surface area contributed by atoms with E-state index in [4.69, 9.17) is 5.10 Å². The number of hydrogen-bond donors (Lipinski definition) is 1. The average molecular weight is 396 g/mol. The van der Waals surface area contributed by atoms with E-state index < -0.39 is 0 Å². The van der Waals surface area contributed by atoms with Crippen LogP contribution in [-0.4, -0.2) is 76.4 Å². The molecule has 29 heavy (non-hydrogen) atoms. The molecule has 1 aliphatic heterocycles. The first-order valence-electron chi connectivity index (χ1n) is 10.9. The number of piperidine rings is 1. The number of hydrogen-bond acceptors (Lipinski definition) is 6. The van der Waals surface area contributed by atoms with Crippen molar-refractivity contribution < 1.29 is 0 Å². The van der Waals surface area contributed by atoms with E-state index in [1.54, 1.807) is 0 Å². The van der Waals surface area contributed by atoms with Crippen LogP contribution in [0.25, 0.3) is 11.0 Å². The van der Waals surface area contributed by atoms with E-state index in [2.05, 4.69) is 55.7 Å². The zero-order chi connectivity index (χ0) is 20.2. The third kappa shape index (κ3) is 4.71. The van der Waals surface area contributed by atoms with Crippen LogP contribution in [0, 0.1) is 17.8 Å². The Balaban J connectivity index is 1.53. The van der Waals surface area contributed by atoms with Gasteiger partial charge in [-0.3, -0.25) is 4.90 Å². The second kappa shape index (κ2) is 9.10. The predicted molar refractivity (Wildman–Crippen MR) is 117 cm³/mol. The van der Waals surface area contributed by atoms with Crippen molar-refractivity contribution in [2.45, 2.75) is 51.1 Å². The topological polar surface area (TPSA) is 62.1 Å². The summed E-state index contributed by atoms with van der Waals surface area (Å²) in [4.78, 5) is 13.9. The van der Waals surface area contributed by atoms with Crippen LogP contribution in [0.5, 0.6) is 0 Å². The zero-order valence-corrected chi connectivity index (χ0v) is 18.0. The summed E-state index contributed by atoms with van der Waals surface area (Å²) in [5.74, 6) is 8.02. The Kier molecular flexibility index (Phi) is 6.31. The maximum atomic E-state index is 4.84. The lowest BCUT2D eigenvalue weighted by molar-refractivity contribution is 0.145. The third-order valence-corrected chi connectivity index (χ3v) is 6.34. The molecule has 1 unspecified atom stereocenters. The largest absolute Gasteiger partial charge is 0.357 e. The van der Waals surface area contributed by atoms with E-state index in [9.17, 15) is 0 Å². The molecular weight excluding hydrogens is 362 g/mol. The lowest BCUT2D eigenvalue weighted by atomic mass is 10.1. The van der Waals surface area contributed by atoms with Gasteiger partial charge in [0.05, 0.1) is 11.9 Å². The maximum Gasteiger partial charge on any atom is 0.224 e. The van der Waals surface area contributed by atoms with E-state index in [0.29, 0.717) is 17.9 Å². The summed E-state index contributed by atoms with van der Waals surface area (Å²) in [6.45, 7) is 3.93. The smallest absolute Gasteiger partial charge is 0.224 e. The fourth-order valence-electron chi connectivity index (χ4n) is 4.57. The molecule has 1 N–H and O–H groups in total. The van der Waals surface area contributed by atoms with Crippen molar-refractivity contribution >= 4 is 17.0 Å². The molecule has 2 aliphatic rings. The summed E-state index contributed by atoms with van der Waals surface area (Å²) in [6, 6.07) is 0.630. The summed E-state index contributed by atoms with van der Waals surface area (Å²) in [5.41, 5.74) is 1.70. The minimum atomic E-state index is 0.630. The molecule has 2 aromatic rings. The van der Waals surface area contributed by atoms with Gasteiger partial charge in [0.25, 0.3) is 0 Å². The van der Waals surface area contributed by atoms with Crippen LogP contribution in [-0.2, 0) is 6.54 Å². The molecule has 1 atom stereocenters. The second-order valence-corrected chi connectivity index (χ2v) is 8.66. The van der Waals surface area contributed by atoms with Crippen LogP contribution in [0.1, 0.15) is 44.2 Å². The molecule has 3 heterocycles. The highest BCUT2D eigenvalue weighted by molar-refractivity contribution is 5.81. The summed E-state index contributed by atoms with van der Waals surface area (Å²) >= 11 is 0. The lowest BCUT2D eigenvalue weighted by Gasteiger charge is -2.35. The number of anilines is 1. The molecule has 0 bridgehead atoms. The number of nitrogens with one attached hydrogen (secondary N) is 1. The first kappa shape index (κ1) is 20.1. The van der Waals surface area contributed by atoms with Crippen molar-refractivity contribution in [2.24, 2.45) is 5.92 Å². The van der Waals surface area contributed by atoms with Gasteiger partial charge in [-0.05, 0) is 58.2 Å². The minimum absolute atomic E-state index is 0.630. The second-order valence-electron chi connectivity index (χ2n) is 8.66. The summed E-state index contributed by atoms with van der Waals surface area (Å²) in [7, 11) is 6.18. The molecule has 0 amide bonds. The predicted octanol–water partition coefficient (Wildman–Crippen LogP) is 2.44. The van der Waals surface area contributed by atoms with E-state index in [0.717, 1.165) is 42.9 Å². The van der Waals surface area contributed by atoms with Crippen molar-refractivity contribution in [1.29, 1.82) is 0 Å². The molecule has 1 aliphatic carbocycles. The molecule has 7 nitrogen and oxygen atoms in total. The highest BCUT2D eigenvalue weighted by Crippen LogP contribution is 2.27. The maximum absolute atomic E-state index is 4.84. The normalized spacial score (nSPS) is 20.9. The molecule has 7 heteroatoms. The average Bonchev–Trinajstić information content (AvgIpc) is 3.36. The molecule has 4 rings (SSSR count). The number of fused-ring (bicyclic) bond motifs is 1. The van der Waals surface area contributed by atoms with Gasteiger partial charge in [0.1, 0.15) is 5.69 Å². The monoisotopic (exact) mass is 395 g/mol. The van der Waals surface area contributed by atoms with Gasteiger partial charge in [0.2, 0.25) is 5.95 Å². The molecule has 0 aromatic carbocycles. The SMILES string of the molecule is CNc1ncc2c(C#CCN3CCCC(N(C)C)C3)nn(CC3CCCC3)c2n1. The summed E-state index contributed by atoms with van der Waals surface area (Å²) in [5, 5.41) is 8.84. The third-order valence-electron chi connectivity index (χ3n) is 6.34. The van der Waals surface area contributed by atoms with Crippen molar-refractivity contribution in [1.82, 2.24) is 29.5 Å². The quantitative estimate of drug-likeness (QED) is 0.785. The first-order valence-corrected chi connectivity index (χ1v) is 10.9. The molecule has 0 radical (unpaired) electrons. The van der Waals surface area contributed by atoms with E-state index in [1.807, 2.05) is 13.2 Å². The molecule has 2 fully saturated rings. The fourth-order valence-corrected chi connectivity index (χ4v) is 4.57. The molecule has 156 valence electrons. The van der Waals surface area contributed by atoms with Gasteiger partial charge in [0.15, 0.2) is 5.65 Å². The number of likely N-dealkylation sites (N-methyl/N-ethyl adjacent to an activating group) is 1. The van der Waals surface area contributed by atoms with Crippen LogP contribution in [0.3, 0.4) is 0 Å². The molecular formula is C22H33N7. The van der Waals surface area contributed by atoms with Crippen LogP contribution < -0.4 is 5.32 Å². The summed E-state index contributed by atoms with van der Waals surface area (Å²) < 4.78 is 2.06. The minimum Gasteiger partial charge on any atom is -0.357 e. The van der Waals surface area contributed by atoms with E-state index in [1.165, 1.54) is 38.5 Å². The highest BCUT2D eigenvalue weighted by Gasteiger charge is 2.21. The number of likely N-dealkylation sites (tertiary alicyclic amines) is 1. The van der Waals surface area contributed by atoms with Crippen molar-refractivity contribution in [3.8, 4) is 11.8 Å². The van der Waals surface area contributed by atoms with Gasteiger partial charge < -0.3 is 10.2 Å². The highest BCUT2D eigenvalue weighted by atomic mass is 15.3. The van der Waals surface area contributed by atoms with Crippen molar-refractivity contribution in [3.63, 3.8) is 0 Å². The first-order chi connectivity index (χ1) is 14.1. The standard InChI is InChI=1S/C22H33N7/c1-23-22-24-14-19-20(11-7-13-28-12-6-10-18(16-28)27(2)3)26-29(21(19)25-22)15-17-8-4-5-9-17/h14,17-18H,4-6,8-10,12-13,15-16H2,1-3H3,(H,23,24,25). The van der Waals surface area contributed by atoms with Gasteiger partial charge in [-0.1, -0.05) is 18.8 Å². The molecule has 1 saturated heterocycles. The van der Waals surface area contributed by atoms with Crippen LogP contribution in [0.2, 0.25) is 0 Å². The Morgan fingerprint density at radius 3 is 2.79 bits per heavy atom. The fraction of sp³-hybridized carbons (Fsp3) is 0.682. The number of rotatable bonds is 5. The Labute approximate surface area is 173 Å². The van der Waals surface area contributed by atoms with E-state index in [-0.39, 0.29) is 0 Å². The van der Waals surface area contributed by atoms with Gasteiger partial charge in [0, 0.05) is 32.4 Å².